The fraction of sp³-hybridized carbons (Fsp3) is 0.562. The van der Waals surface area contributed by atoms with E-state index in [9.17, 15) is 13.2 Å². The highest BCUT2D eigenvalue weighted by Crippen LogP contribution is 2.25. The highest BCUT2D eigenvalue weighted by molar-refractivity contribution is 7.89. The van der Waals surface area contributed by atoms with Gasteiger partial charge in [0, 0.05) is 25.2 Å². The molecule has 0 atom stereocenters. The number of likely N-dealkylation sites (N-methyl/N-ethyl adjacent to an activating group) is 1. The summed E-state index contributed by atoms with van der Waals surface area (Å²) in [5.41, 5.74) is 0. The first-order valence-corrected chi connectivity index (χ1v) is 9.43. The van der Waals surface area contributed by atoms with Gasteiger partial charge < -0.3 is 9.84 Å². The second-order valence-corrected chi connectivity index (χ2v) is 7.79. The van der Waals surface area contributed by atoms with E-state index in [4.69, 9.17) is 9.84 Å². The number of carboxylic acid groups (broad SMARTS) is 1. The van der Waals surface area contributed by atoms with Crippen molar-refractivity contribution in [2.45, 2.75) is 30.7 Å². The molecular weight excluding hydrogens is 332 g/mol. The van der Waals surface area contributed by atoms with Gasteiger partial charge in [-0.25, -0.2) is 8.42 Å². The van der Waals surface area contributed by atoms with E-state index in [1.54, 1.807) is 36.2 Å². The average Bonchev–Trinajstić information content (AvgIpc) is 2.55. The first-order chi connectivity index (χ1) is 11.3. The lowest BCUT2D eigenvalue weighted by molar-refractivity contribution is -0.138. The Balaban J connectivity index is 2.04. The maximum atomic E-state index is 12.8. The largest absolute Gasteiger partial charge is 0.494 e. The second-order valence-electron chi connectivity index (χ2n) is 5.85. The second kappa shape index (κ2) is 7.96. The van der Waals surface area contributed by atoms with Crippen LogP contribution in [0.3, 0.4) is 0 Å². The number of sulfonamides is 1. The smallest absolute Gasteiger partial charge is 0.317 e. The van der Waals surface area contributed by atoms with E-state index in [1.165, 1.54) is 4.31 Å². The fourth-order valence-corrected chi connectivity index (χ4v) is 4.41. The van der Waals surface area contributed by atoms with Crippen LogP contribution in [0.2, 0.25) is 0 Å². The quantitative estimate of drug-likeness (QED) is 0.791. The topological polar surface area (TPSA) is 87.2 Å². The number of piperidine rings is 1. The Morgan fingerprint density at radius 3 is 2.62 bits per heavy atom. The standard InChI is InChI=1S/C16H24N2O5S/c1-3-23-14-5-4-6-15(11-14)24(21,22)18-9-7-13(8-10-18)17(2)12-16(19)20/h4-6,11,13H,3,7-10,12H2,1-2H3,(H,19,20). The summed E-state index contributed by atoms with van der Waals surface area (Å²) >= 11 is 0. The molecule has 0 aromatic heterocycles. The van der Waals surface area contributed by atoms with Crippen molar-refractivity contribution < 1.29 is 23.1 Å². The lowest BCUT2D eigenvalue weighted by Crippen LogP contribution is -2.46. The van der Waals surface area contributed by atoms with Crippen molar-refractivity contribution in [2.24, 2.45) is 0 Å². The Kier molecular flexibility index (Phi) is 6.20. The molecule has 0 saturated carbocycles. The zero-order valence-electron chi connectivity index (χ0n) is 14.0. The Hall–Kier alpha value is -1.64. The molecule has 1 aromatic rings. The minimum Gasteiger partial charge on any atom is -0.494 e. The number of carboxylic acids is 1. The zero-order valence-corrected chi connectivity index (χ0v) is 14.8. The van der Waals surface area contributed by atoms with E-state index in [2.05, 4.69) is 0 Å². The summed E-state index contributed by atoms with van der Waals surface area (Å²) in [5.74, 6) is -0.338. The molecule has 1 aliphatic heterocycles. The number of carbonyl (C=O) groups is 1. The van der Waals surface area contributed by atoms with Gasteiger partial charge in [-0.1, -0.05) is 6.07 Å². The molecule has 1 N–H and O–H groups in total. The Morgan fingerprint density at radius 1 is 1.38 bits per heavy atom. The number of nitrogens with zero attached hydrogens (tertiary/aromatic N) is 2. The molecular formula is C16H24N2O5S. The van der Waals surface area contributed by atoms with Crippen molar-refractivity contribution in [3.05, 3.63) is 24.3 Å². The molecule has 2 rings (SSSR count). The number of hydrogen-bond acceptors (Lipinski definition) is 5. The summed E-state index contributed by atoms with van der Waals surface area (Å²) in [6.07, 6.45) is 1.24. The van der Waals surface area contributed by atoms with Crippen LogP contribution in [0.5, 0.6) is 5.75 Å². The van der Waals surface area contributed by atoms with Crippen LogP contribution in [0.4, 0.5) is 0 Å². The molecule has 24 heavy (non-hydrogen) atoms. The van der Waals surface area contributed by atoms with Crippen LogP contribution >= 0.6 is 0 Å². The molecule has 1 aliphatic rings. The number of benzene rings is 1. The van der Waals surface area contributed by atoms with Crippen LogP contribution in [0, 0.1) is 0 Å². The molecule has 0 unspecified atom stereocenters. The molecule has 0 bridgehead atoms. The highest BCUT2D eigenvalue weighted by atomic mass is 32.2. The number of hydrogen-bond donors (Lipinski definition) is 1. The molecule has 0 amide bonds. The van der Waals surface area contributed by atoms with Gasteiger partial charge in [0.15, 0.2) is 0 Å². The number of rotatable bonds is 7. The van der Waals surface area contributed by atoms with Gasteiger partial charge in [-0.3, -0.25) is 9.69 Å². The highest BCUT2D eigenvalue weighted by Gasteiger charge is 2.31. The van der Waals surface area contributed by atoms with Gasteiger partial charge in [0.2, 0.25) is 10.0 Å². The maximum absolute atomic E-state index is 12.8. The normalized spacial score (nSPS) is 17.1. The van der Waals surface area contributed by atoms with Crippen LogP contribution in [-0.4, -0.2) is 68.0 Å². The van der Waals surface area contributed by atoms with Crippen LogP contribution in [0.15, 0.2) is 29.2 Å². The lowest BCUT2D eigenvalue weighted by Gasteiger charge is -2.35. The Labute approximate surface area is 142 Å². The van der Waals surface area contributed by atoms with Crippen LogP contribution in [-0.2, 0) is 14.8 Å². The predicted octanol–water partition coefficient (Wildman–Crippen LogP) is 1.25. The number of aliphatic carboxylic acids is 1. The van der Waals surface area contributed by atoms with Gasteiger partial charge in [-0.15, -0.1) is 0 Å². The van der Waals surface area contributed by atoms with Crippen molar-refractivity contribution in [1.29, 1.82) is 0 Å². The molecule has 0 spiro atoms. The van der Waals surface area contributed by atoms with E-state index in [0.29, 0.717) is 38.3 Å². The minimum atomic E-state index is -3.56. The Morgan fingerprint density at radius 2 is 2.04 bits per heavy atom. The molecule has 8 heteroatoms. The molecule has 1 heterocycles. The van der Waals surface area contributed by atoms with Gasteiger partial charge in [-0.2, -0.15) is 4.31 Å². The SMILES string of the molecule is CCOc1cccc(S(=O)(=O)N2CCC(N(C)CC(=O)O)CC2)c1. The number of ether oxygens (including phenoxy) is 1. The molecule has 134 valence electrons. The molecule has 0 radical (unpaired) electrons. The monoisotopic (exact) mass is 356 g/mol. The van der Waals surface area contributed by atoms with Crippen molar-refractivity contribution in [1.82, 2.24) is 9.21 Å². The van der Waals surface area contributed by atoms with Gasteiger partial charge in [0.25, 0.3) is 0 Å². The molecule has 1 fully saturated rings. The first-order valence-electron chi connectivity index (χ1n) is 7.99. The average molecular weight is 356 g/mol. The van der Waals surface area contributed by atoms with Crippen LogP contribution in [0.1, 0.15) is 19.8 Å². The maximum Gasteiger partial charge on any atom is 0.317 e. The third-order valence-corrected chi connectivity index (χ3v) is 6.08. The molecule has 1 aromatic carbocycles. The van der Waals surface area contributed by atoms with E-state index in [0.717, 1.165) is 0 Å². The van der Waals surface area contributed by atoms with E-state index in [-0.39, 0.29) is 17.5 Å². The van der Waals surface area contributed by atoms with Crippen molar-refractivity contribution in [2.75, 3.05) is 33.3 Å². The summed E-state index contributed by atoms with van der Waals surface area (Å²) in [5, 5.41) is 8.85. The summed E-state index contributed by atoms with van der Waals surface area (Å²) in [4.78, 5) is 12.8. The summed E-state index contributed by atoms with van der Waals surface area (Å²) < 4.78 is 32.4. The third kappa shape index (κ3) is 4.46. The minimum absolute atomic E-state index is 0.0339. The first kappa shape index (κ1) is 18.7. The summed E-state index contributed by atoms with van der Waals surface area (Å²) in [7, 11) is -1.80. The van der Waals surface area contributed by atoms with Crippen molar-refractivity contribution in [3.8, 4) is 5.75 Å². The van der Waals surface area contributed by atoms with Gasteiger partial charge in [0.1, 0.15) is 5.75 Å². The zero-order chi connectivity index (χ0) is 17.7. The fourth-order valence-electron chi connectivity index (χ4n) is 2.91. The summed E-state index contributed by atoms with van der Waals surface area (Å²) in [6.45, 7) is 3.06. The predicted molar refractivity (Wildman–Crippen MR) is 89.7 cm³/mol. The van der Waals surface area contributed by atoms with Crippen LogP contribution < -0.4 is 4.74 Å². The van der Waals surface area contributed by atoms with Crippen molar-refractivity contribution >= 4 is 16.0 Å². The molecule has 7 nitrogen and oxygen atoms in total. The van der Waals surface area contributed by atoms with E-state index >= 15 is 0 Å². The van der Waals surface area contributed by atoms with E-state index in [1.807, 2.05) is 6.92 Å². The van der Waals surface area contributed by atoms with Crippen molar-refractivity contribution in [3.63, 3.8) is 0 Å². The van der Waals surface area contributed by atoms with Gasteiger partial charge in [-0.05, 0) is 38.9 Å². The Bertz CT molecular complexity index is 669. The molecule has 1 saturated heterocycles. The third-order valence-electron chi connectivity index (χ3n) is 4.19. The molecule has 0 aliphatic carbocycles. The van der Waals surface area contributed by atoms with E-state index < -0.39 is 16.0 Å². The van der Waals surface area contributed by atoms with Gasteiger partial charge in [0.05, 0.1) is 18.0 Å². The van der Waals surface area contributed by atoms with Crippen LogP contribution in [0.25, 0.3) is 0 Å². The summed E-state index contributed by atoms with van der Waals surface area (Å²) in [6, 6.07) is 6.60. The lowest BCUT2D eigenvalue weighted by atomic mass is 10.1. The van der Waals surface area contributed by atoms with Gasteiger partial charge >= 0.3 is 5.97 Å².